The van der Waals surface area contributed by atoms with Crippen molar-refractivity contribution in [2.75, 3.05) is 19.8 Å². The lowest BCUT2D eigenvalue weighted by molar-refractivity contribution is -0.141. The summed E-state index contributed by atoms with van der Waals surface area (Å²) in [6, 6.07) is 4.86. The smallest absolute Gasteiger partial charge is 0.274 e. The maximum atomic E-state index is 13.0. The number of benzene rings is 1. The number of amides is 2. The molecule has 0 spiro atoms. The van der Waals surface area contributed by atoms with E-state index in [4.69, 9.17) is 14.7 Å². The van der Waals surface area contributed by atoms with Gasteiger partial charge in [0.2, 0.25) is 5.91 Å². The van der Waals surface area contributed by atoms with Crippen molar-refractivity contribution in [3.8, 4) is 5.75 Å². The number of carbonyl (C=O) groups is 2. The van der Waals surface area contributed by atoms with Gasteiger partial charge < -0.3 is 14.4 Å². The van der Waals surface area contributed by atoms with E-state index >= 15 is 0 Å². The predicted molar refractivity (Wildman–Crippen MR) is 89.5 cm³/mol. The van der Waals surface area contributed by atoms with E-state index in [-0.39, 0.29) is 24.0 Å². The molecule has 3 rings (SSSR count). The quantitative estimate of drug-likeness (QED) is 0.630. The van der Waals surface area contributed by atoms with E-state index in [1.807, 2.05) is 18.7 Å². The number of carbonyl (C=O) groups excluding carboxylic acids is 2. The highest BCUT2D eigenvalue weighted by Crippen LogP contribution is 2.35. The molecule has 25 heavy (non-hydrogen) atoms. The third-order valence-electron chi connectivity index (χ3n) is 4.93. The SMILES string of the molecule is CC1CN(C(=O)C2CCOCC2)C(C)c2ccc(C(=O)NO)cc2O1. The van der Waals surface area contributed by atoms with Gasteiger partial charge in [-0.3, -0.25) is 14.8 Å². The van der Waals surface area contributed by atoms with Gasteiger partial charge in [-0.05, 0) is 38.8 Å². The molecule has 2 atom stereocenters. The number of nitrogens with zero attached hydrogens (tertiary/aromatic N) is 1. The molecule has 1 aromatic rings. The first-order chi connectivity index (χ1) is 12.0. The van der Waals surface area contributed by atoms with E-state index in [9.17, 15) is 9.59 Å². The van der Waals surface area contributed by atoms with Gasteiger partial charge in [0.1, 0.15) is 11.9 Å². The maximum absolute atomic E-state index is 13.0. The summed E-state index contributed by atoms with van der Waals surface area (Å²) in [5, 5.41) is 8.81. The molecule has 2 amide bonds. The number of hydrogen-bond donors (Lipinski definition) is 2. The van der Waals surface area contributed by atoms with Gasteiger partial charge in [0.25, 0.3) is 5.91 Å². The molecule has 0 bridgehead atoms. The molecule has 0 radical (unpaired) electrons. The van der Waals surface area contributed by atoms with Gasteiger partial charge in [-0.2, -0.15) is 0 Å². The van der Waals surface area contributed by atoms with Gasteiger partial charge in [0.05, 0.1) is 12.6 Å². The van der Waals surface area contributed by atoms with Crippen molar-refractivity contribution in [2.24, 2.45) is 5.92 Å². The van der Waals surface area contributed by atoms with E-state index in [1.165, 1.54) is 0 Å². The lowest BCUT2D eigenvalue weighted by Gasteiger charge is -2.33. The molecular weight excluding hydrogens is 324 g/mol. The fourth-order valence-corrected chi connectivity index (χ4v) is 3.50. The molecule has 2 N–H and O–H groups in total. The Morgan fingerprint density at radius 3 is 2.64 bits per heavy atom. The summed E-state index contributed by atoms with van der Waals surface area (Å²) >= 11 is 0. The van der Waals surface area contributed by atoms with Crippen LogP contribution in [0.1, 0.15) is 48.7 Å². The van der Waals surface area contributed by atoms with Crippen LogP contribution in [0.4, 0.5) is 0 Å². The van der Waals surface area contributed by atoms with E-state index in [1.54, 1.807) is 23.7 Å². The second kappa shape index (κ2) is 7.41. The van der Waals surface area contributed by atoms with Gasteiger partial charge in [-0.15, -0.1) is 0 Å². The average Bonchev–Trinajstić information content (AvgIpc) is 2.76. The molecule has 7 nitrogen and oxygen atoms in total. The molecule has 2 heterocycles. The number of hydrogen-bond acceptors (Lipinski definition) is 5. The van der Waals surface area contributed by atoms with Gasteiger partial charge in [0, 0.05) is 30.3 Å². The zero-order valence-corrected chi connectivity index (χ0v) is 14.5. The minimum atomic E-state index is -0.592. The number of rotatable bonds is 2. The predicted octanol–water partition coefficient (Wildman–Crippen LogP) is 1.90. The monoisotopic (exact) mass is 348 g/mol. The van der Waals surface area contributed by atoms with Crippen molar-refractivity contribution in [1.82, 2.24) is 10.4 Å². The minimum Gasteiger partial charge on any atom is -0.488 e. The lowest BCUT2D eigenvalue weighted by atomic mass is 9.96. The summed E-state index contributed by atoms with van der Waals surface area (Å²) in [5.41, 5.74) is 2.80. The molecular formula is C18H24N2O5. The molecule has 2 unspecified atom stereocenters. The summed E-state index contributed by atoms with van der Waals surface area (Å²) in [6.45, 7) is 5.63. The first-order valence-electron chi connectivity index (χ1n) is 8.64. The maximum Gasteiger partial charge on any atom is 0.274 e. The standard InChI is InChI=1S/C18H24N2O5/c1-11-10-20(18(22)13-5-7-24-8-6-13)12(2)15-4-3-14(17(21)19-23)9-16(15)25-11/h3-4,9,11-13,23H,5-8,10H2,1-2H3,(H,19,21). The molecule has 0 saturated carbocycles. The third kappa shape index (κ3) is 3.62. The molecule has 1 aromatic carbocycles. The van der Waals surface area contributed by atoms with Crippen LogP contribution >= 0.6 is 0 Å². The Morgan fingerprint density at radius 2 is 1.96 bits per heavy atom. The second-order valence-corrected chi connectivity index (χ2v) is 6.68. The Bertz CT molecular complexity index is 657. The average molecular weight is 348 g/mol. The Balaban J connectivity index is 1.88. The van der Waals surface area contributed by atoms with E-state index in [2.05, 4.69) is 0 Å². The number of hydroxylamine groups is 1. The Morgan fingerprint density at radius 1 is 1.24 bits per heavy atom. The molecule has 7 heteroatoms. The number of fused-ring (bicyclic) bond motifs is 1. The Hall–Kier alpha value is -2.12. The molecule has 1 saturated heterocycles. The molecule has 2 aliphatic rings. The van der Waals surface area contributed by atoms with Crippen molar-refractivity contribution in [3.05, 3.63) is 29.3 Å². The summed E-state index contributed by atoms with van der Waals surface area (Å²) in [6.07, 6.45) is 1.31. The van der Waals surface area contributed by atoms with Gasteiger partial charge >= 0.3 is 0 Å². The highest BCUT2D eigenvalue weighted by atomic mass is 16.5. The van der Waals surface area contributed by atoms with Crippen molar-refractivity contribution in [2.45, 2.75) is 38.8 Å². The van der Waals surface area contributed by atoms with Crippen molar-refractivity contribution < 1.29 is 24.3 Å². The van der Waals surface area contributed by atoms with Crippen LogP contribution in [0.25, 0.3) is 0 Å². The van der Waals surface area contributed by atoms with Crippen LogP contribution in [0, 0.1) is 5.92 Å². The van der Waals surface area contributed by atoms with Crippen LogP contribution in [0.2, 0.25) is 0 Å². The van der Waals surface area contributed by atoms with Gasteiger partial charge in [-0.1, -0.05) is 6.07 Å². The van der Waals surface area contributed by atoms with E-state index < -0.39 is 5.91 Å². The fourth-order valence-electron chi connectivity index (χ4n) is 3.50. The largest absolute Gasteiger partial charge is 0.488 e. The topological polar surface area (TPSA) is 88.1 Å². The molecule has 1 fully saturated rings. The minimum absolute atomic E-state index is 0.00982. The first-order valence-corrected chi connectivity index (χ1v) is 8.64. The van der Waals surface area contributed by atoms with Gasteiger partial charge in [-0.25, -0.2) is 5.48 Å². The highest BCUT2D eigenvalue weighted by Gasteiger charge is 2.34. The van der Waals surface area contributed by atoms with Crippen molar-refractivity contribution >= 4 is 11.8 Å². The van der Waals surface area contributed by atoms with Crippen LogP contribution < -0.4 is 10.2 Å². The third-order valence-corrected chi connectivity index (χ3v) is 4.93. The summed E-state index contributed by atoms with van der Waals surface area (Å²) < 4.78 is 11.3. The van der Waals surface area contributed by atoms with Gasteiger partial charge in [0.15, 0.2) is 0 Å². The van der Waals surface area contributed by atoms with Crippen molar-refractivity contribution in [3.63, 3.8) is 0 Å². The molecule has 2 aliphatic heterocycles. The van der Waals surface area contributed by atoms with Crippen LogP contribution in [0.3, 0.4) is 0 Å². The summed E-state index contributed by atoms with van der Waals surface area (Å²) in [4.78, 5) is 26.5. The highest BCUT2D eigenvalue weighted by molar-refractivity contribution is 5.94. The normalized spacial score (nSPS) is 24.0. The van der Waals surface area contributed by atoms with Crippen LogP contribution in [-0.2, 0) is 9.53 Å². The lowest BCUT2D eigenvalue weighted by Crippen LogP contribution is -2.43. The van der Waals surface area contributed by atoms with E-state index in [0.29, 0.717) is 31.1 Å². The molecule has 0 aliphatic carbocycles. The van der Waals surface area contributed by atoms with Crippen LogP contribution in [0.5, 0.6) is 5.75 Å². The Labute approximate surface area is 146 Å². The molecule has 136 valence electrons. The number of nitrogens with one attached hydrogen (secondary N) is 1. The Kier molecular flexibility index (Phi) is 5.24. The van der Waals surface area contributed by atoms with Crippen LogP contribution in [0.15, 0.2) is 18.2 Å². The first kappa shape index (κ1) is 17.7. The summed E-state index contributed by atoms with van der Waals surface area (Å²) in [5.74, 6) is 0.107. The van der Waals surface area contributed by atoms with E-state index in [0.717, 1.165) is 18.4 Å². The molecule has 0 aromatic heterocycles. The second-order valence-electron chi connectivity index (χ2n) is 6.68. The fraction of sp³-hybridized carbons (Fsp3) is 0.556. The zero-order chi connectivity index (χ0) is 18.0. The summed E-state index contributed by atoms with van der Waals surface area (Å²) in [7, 11) is 0. The van der Waals surface area contributed by atoms with Crippen LogP contribution in [-0.4, -0.2) is 47.8 Å². The van der Waals surface area contributed by atoms with Crippen molar-refractivity contribution in [1.29, 1.82) is 0 Å². The number of ether oxygens (including phenoxy) is 2. The zero-order valence-electron chi connectivity index (χ0n) is 14.5.